The molecule has 0 aliphatic heterocycles. The van der Waals surface area contributed by atoms with Crippen LogP contribution in [0.15, 0.2) is 11.8 Å². The Kier molecular flexibility index (Phi) is 4.89. The number of aromatic nitrogens is 1. The first kappa shape index (κ1) is 14.7. The summed E-state index contributed by atoms with van der Waals surface area (Å²) in [5.74, 6) is 4.76. The van der Waals surface area contributed by atoms with Gasteiger partial charge in [0.05, 0.1) is 11.4 Å². The van der Waals surface area contributed by atoms with E-state index in [4.69, 9.17) is 23.2 Å². The summed E-state index contributed by atoms with van der Waals surface area (Å²) in [5, 5.41) is 2.76. The van der Waals surface area contributed by atoms with E-state index in [0.29, 0.717) is 11.4 Å². The van der Waals surface area contributed by atoms with Gasteiger partial charge >= 0.3 is 0 Å². The zero-order valence-corrected chi connectivity index (χ0v) is 11.3. The second-order valence-corrected chi connectivity index (χ2v) is 4.26. The SMILES string of the molecule is CNC(C)/C(NN)=C(/N)c1cc(C)nc(Cl)c1F. The summed E-state index contributed by atoms with van der Waals surface area (Å²) >= 11 is 5.69. The van der Waals surface area contributed by atoms with Crippen LogP contribution < -0.4 is 22.3 Å². The van der Waals surface area contributed by atoms with Gasteiger partial charge in [-0.25, -0.2) is 9.37 Å². The summed E-state index contributed by atoms with van der Waals surface area (Å²) in [7, 11) is 1.75. The predicted octanol–water partition coefficient (Wildman–Crippen LogP) is 0.881. The highest BCUT2D eigenvalue weighted by Gasteiger charge is 2.17. The number of pyridine rings is 1. The summed E-state index contributed by atoms with van der Waals surface area (Å²) < 4.78 is 13.9. The van der Waals surface area contributed by atoms with Gasteiger partial charge < -0.3 is 16.5 Å². The van der Waals surface area contributed by atoms with Gasteiger partial charge in [0.1, 0.15) is 0 Å². The van der Waals surface area contributed by atoms with Crippen molar-refractivity contribution in [1.29, 1.82) is 0 Å². The molecule has 0 aromatic carbocycles. The lowest BCUT2D eigenvalue weighted by Gasteiger charge is -2.18. The maximum absolute atomic E-state index is 13.9. The van der Waals surface area contributed by atoms with Crippen LogP contribution in [0, 0.1) is 12.7 Å². The molecule has 1 atom stereocenters. The number of rotatable bonds is 4. The topological polar surface area (TPSA) is 89.0 Å². The van der Waals surface area contributed by atoms with Crippen LogP contribution in [0.2, 0.25) is 5.15 Å². The fourth-order valence-electron chi connectivity index (χ4n) is 1.54. The molecule has 1 unspecified atom stereocenters. The summed E-state index contributed by atoms with van der Waals surface area (Å²) in [5.41, 5.74) is 9.86. The molecule has 0 saturated heterocycles. The average Bonchev–Trinajstić information content (AvgIpc) is 2.34. The highest BCUT2D eigenvalue weighted by Crippen LogP contribution is 2.23. The molecule has 0 fully saturated rings. The lowest BCUT2D eigenvalue weighted by Crippen LogP contribution is -2.37. The molecule has 1 aromatic heterocycles. The first-order valence-electron chi connectivity index (χ1n) is 5.38. The number of aryl methyl sites for hydroxylation is 1. The van der Waals surface area contributed by atoms with Crippen LogP contribution in [0.5, 0.6) is 0 Å². The zero-order chi connectivity index (χ0) is 13.9. The Morgan fingerprint density at radius 3 is 2.67 bits per heavy atom. The van der Waals surface area contributed by atoms with Gasteiger partial charge in [0, 0.05) is 17.3 Å². The Morgan fingerprint density at radius 2 is 2.17 bits per heavy atom. The molecule has 18 heavy (non-hydrogen) atoms. The number of nitrogens with zero attached hydrogens (tertiary/aromatic N) is 1. The van der Waals surface area contributed by atoms with Crippen molar-refractivity contribution in [2.75, 3.05) is 7.05 Å². The Hall–Kier alpha value is -1.37. The highest BCUT2D eigenvalue weighted by atomic mass is 35.5. The van der Waals surface area contributed by atoms with Crippen molar-refractivity contribution < 1.29 is 4.39 Å². The van der Waals surface area contributed by atoms with E-state index < -0.39 is 5.82 Å². The van der Waals surface area contributed by atoms with Crippen LogP contribution in [0.25, 0.3) is 5.70 Å². The summed E-state index contributed by atoms with van der Waals surface area (Å²) in [6, 6.07) is 1.37. The van der Waals surface area contributed by atoms with E-state index in [-0.39, 0.29) is 22.5 Å². The van der Waals surface area contributed by atoms with Crippen LogP contribution in [-0.2, 0) is 0 Å². The quantitative estimate of drug-likeness (QED) is 0.372. The van der Waals surface area contributed by atoms with Crippen molar-refractivity contribution in [1.82, 2.24) is 15.7 Å². The minimum atomic E-state index is -0.657. The largest absolute Gasteiger partial charge is 0.397 e. The minimum absolute atomic E-state index is 0.151. The maximum Gasteiger partial charge on any atom is 0.169 e. The first-order chi connectivity index (χ1) is 8.42. The number of nitrogens with two attached hydrogens (primary N) is 2. The molecule has 7 heteroatoms. The second kappa shape index (κ2) is 5.99. The van der Waals surface area contributed by atoms with E-state index >= 15 is 0 Å². The molecule has 6 N–H and O–H groups in total. The van der Waals surface area contributed by atoms with Gasteiger partial charge in [-0.05, 0) is 27.0 Å². The summed E-state index contributed by atoms with van der Waals surface area (Å²) in [6.07, 6.45) is 0. The van der Waals surface area contributed by atoms with Crippen molar-refractivity contribution in [2.24, 2.45) is 11.6 Å². The number of hydrazine groups is 1. The normalized spacial score (nSPS) is 14.1. The molecule has 0 amide bonds. The molecule has 0 bridgehead atoms. The molecule has 5 nitrogen and oxygen atoms in total. The Labute approximate surface area is 110 Å². The molecule has 0 spiro atoms. The molecular weight excluding hydrogens is 257 g/mol. The molecule has 0 aliphatic rings. The molecule has 1 heterocycles. The van der Waals surface area contributed by atoms with E-state index in [1.807, 2.05) is 6.92 Å². The third-order valence-corrected chi connectivity index (χ3v) is 2.90. The van der Waals surface area contributed by atoms with Gasteiger partial charge in [0.15, 0.2) is 11.0 Å². The monoisotopic (exact) mass is 273 g/mol. The van der Waals surface area contributed by atoms with Crippen LogP contribution in [0.3, 0.4) is 0 Å². The van der Waals surface area contributed by atoms with Crippen LogP contribution in [-0.4, -0.2) is 18.1 Å². The standard InChI is InChI=1S/C11H17ClFN5/c1-5-4-7(8(13)11(12)17-5)9(14)10(18-15)6(2)16-3/h4,6,16,18H,14-15H2,1-3H3/b10-9-. The molecule has 1 aromatic rings. The lowest BCUT2D eigenvalue weighted by molar-refractivity contribution is 0.611. The number of likely N-dealkylation sites (N-methyl/N-ethyl adjacent to an activating group) is 1. The predicted molar refractivity (Wildman–Crippen MR) is 70.9 cm³/mol. The number of hydrogen-bond donors (Lipinski definition) is 4. The van der Waals surface area contributed by atoms with E-state index in [9.17, 15) is 4.39 Å². The van der Waals surface area contributed by atoms with Crippen LogP contribution in [0.4, 0.5) is 4.39 Å². The molecular formula is C11H17ClFN5. The third kappa shape index (κ3) is 2.90. The van der Waals surface area contributed by atoms with Gasteiger partial charge in [0.25, 0.3) is 0 Å². The Balaban J connectivity index is 3.40. The van der Waals surface area contributed by atoms with Gasteiger partial charge in [-0.1, -0.05) is 11.6 Å². The Bertz CT molecular complexity index is 475. The van der Waals surface area contributed by atoms with Gasteiger partial charge in [0.2, 0.25) is 0 Å². The highest BCUT2D eigenvalue weighted by molar-refractivity contribution is 6.29. The molecule has 100 valence electrons. The fraction of sp³-hybridized carbons (Fsp3) is 0.364. The third-order valence-electron chi connectivity index (χ3n) is 2.65. The van der Waals surface area contributed by atoms with Crippen molar-refractivity contribution in [2.45, 2.75) is 19.9 Å². The van der Waals surface area contributed by atoms with Crippen molar-refractivity contribution in [3.8, 4) is 0 Å². The van der Waals surface area contributed by atoms with E-state index in [2.05, 4.69) is 15.7 Å². The Morgan fingerprint density at radius 1 is 1.56 bits per heavy atom. The number of halogens is 2. The van der Waals surface area contributed by atoms with Gasteiger partial charge in [-0.3, -0.25) is 5.84 Å². The first-order valence-corrected chi connectivity index (χ1v) is 5.76. The zero-order valence-electron chi connectivity index (χ0n) is 10.5. The molecule has 1 rings (SSSR count). The second-order valence-electron chi connectivity index (χ2n) is 3.90. The smallest absolute Gasteiger partial charge is 0.169 e. The maximum atomic E-state index is 13.9. The van der Waals surface area contributed by atoms with Crippen molar-refractivity contribution in [3.05, 3.63) is 34.0 Å². The van der Waals surface area contributed by atoms with Crippen molar-refractivity contribution in [3.63, 3.8) is 0 Å². The van der Waals surface area contributed by atoms with Gasteiger partial charge in [-0.2, -0.15) is 0 Å². The average molecular weight is 274 g/mol. The van der Waals surface area contributed by atoms with E-state index in [1.165, 1.54) is 6.07 Å². The van der Waals surface area contributed by atoms with Crippen molar-refractivity contribution >= 4 is 17.3 Å². The molecule has 0 saturated carbocycles. The van der Waals surface area contributed by atoms with Crippen LogP contribution in [0.1, 0.15) is 18.2 Å². The minimum Gasteiger partial charge on any atom is -0.397 e. The molecule has 0 radical (unpaired) electrons. The number of hydrogen-bond acceptors (Lipinski definition) is 5. The number of nitrogens with one attached hydrogen (secondary N) is 2. The van der Waals surface area contributed by atoms with E-state index in [1.54, 1.807) is 14.0 Å². The molecule has 0 aliphatic carbocycles. The summed E-state index contributed by atoms with van der Waals surface area (Å²) in [4.78, 5) is 3.81. The van der Waals surface area contributed by atoms with Gasteiger partial charge in [-0.15, -0.1) is 0 Å². The summed E-state index contributed by atoms with van der Waals surface area (Å²) in [6.45, 7) is 3.55. The van der Waals surface area contributed by atoms with E-state index in [0.717, 1.165) is 0 Å². The lowest BCUT2D eigenvalue weighted by atomic mass is 10.1. The van der Waals surface area contributed by atoms with Crippen LogP contribution >= 0.6 is 11.6 Å². The fourth-order valence-corrected chi connectivity index (χ4v) is 1.78.